The molecule has 6 nitrogen and oxygen atoms in total. The number of carboxylic acids is 1. The van der Waals surface area contributed by atoms with Gasteiger partial charge in [-0.25, -0.2) is 0 Å². The lowest BCUT2D eigenvalue weighted by atomic mass is 10.1. The highest BCUT2D eigenvalue weighted by Crippen LogP contribution is 2.30. The van der Waals surface area contributed by atoms with E-state index in [1.807, 2.05) is 0 Å². The number of hydrogen-bond acceptors (Lipinski definition) is 5. The zero-order valence-corrected chi connectivity index (χ0v) is 11.5. The molecule has 0 heterocycles. The summed E-state index contributed by atoms with van der Waals surface area (Å²) in [6.07, 6.45) is -5.56. The van der Waals surface area contributed by atoms with Gasteiger partial charge in [0.15, 0.2) is 5.92 Å². The fraction of sp³-hybridized carbons (Fsp3) is 0.800. The van der Waals surface area contributed by atoms with Crippen LogP contribution in [-0.2, 0) is 25.1 Å². The zero-order valence-electron chi connectivity index (χ0n) is 10.7. The summed E-state index contributed by atoms with van der Waals surface area (Å²) < 4.78 is 53.1. The van der Waals surface area contributed by atoms with Crippen LogP contribution in [0.2, 0.25) is 0 Å². The number of carboxylic acid groups (broad SMARTS) is 1. The molecule has 0 aliphatic carbocycles. The van der Waals surface area contributed by atoms with E-state index >= 15 is 0 Å². The monoisotopic (exact) mass is 319 g/mol. The second-order valence-electron chi connectivity index (χ2n) is 3.99. The summed E-state index contributed by atoms with van der Waals surface area (Å²) in [6.45, 7) is 0. The summed E-state index contributed by atoms with van der Waals surface area (Å²) in [7, 11) is -0.845. The minimum absolute atomic E-state index is 0.114. The summed E-state index contributed by atoms with van der Waals surface area (Å²) >= 11 is 0. The van der Waals surface area contributed by atoms with Crippen LogP contribution in [0, 0.1) is 5.92 Å². The van der Waals surface area contributed by atoms with Crippen molar-refractivity contribution in [1.82, 2.24) is 0 Å². The molecule has 0 aliphatic heterocycles. The molecular weight excluding hydrogens is 303 g/mol. The molecule has 3 unspecified atom stereocenters. The van der Waals surface area contributed by atoms with Crippen molar-refractivity contribution < 1.29 is 36.8 Å². The summed E-state index contributed by atoms with van der Waals surface area (Å²) in [6, 6.07) is -1.21. The average Bonchev–Trinajstić information content (AvgIpc) is 2.33. The SMILES string of the molecule is COC(=O)C(CCS(=O)CCC(N)C(=O)O)C(F)(F)F. The van der Waals surface area contributed by atoms with Gasteiger partial charge in [-0.1, -0.05) is 0 Å². The number of nitrogens with two attached hydrogens (primary N) is 1. The third kappa shape index (κ3) is 6.85. The molecule has 20 heavy (non-hydrogen) atoms. The standard InChI is InChI=1S/C10H16F3NO5S/c1-19-9(17)6(10(11,12)13)2-4-20(18)5-3-7(14)8(15)16/h6-7H,2-5,14H2,1H3,(H,15,16). The summed E-state index contributed by atoms with van der Waals surface area (Å²) in [5.41, 5.74) is 5.17. The van der Waals surface area contributed by atoms with Gasteiger partial charge >= 0.3 is 18.1 Å². The van der Waals surface area contributed by atoms with Crippen LogP contribution in [0.4, 0.5) is 13.2 Å². The molecule has 0 saturated heterocycles. The number of methoxy groups -OCH3 is 1. The molecule has 0 rings (SSSR count). The van der Waals surface area contributed by atoms with Gasteiger partial charge in [0.1, 0.15) is 6.04 Å². The Balaban J connectivity index is 4.32. The molecule has 0 radical (unpaired) electrons. The van der Waals surface area contributed by atoms with Crippen molar-refractivity contribution in [2.24, 2.45) is 11.7 Å². The number of rotatable bonds is 8. The maximum Gasteiger partial charge on any atom is 0.402 e. The van der Waals surface area contributed by atoms with Crippen molar-refractivity contribution in [2.45, 2.75) is 25.1 Å². The van der Waals surface area contributed by atoms with E-state index in [1.54, 1.807) is 0 Å². The summed E-state index contributed by atoms with van der Waals surface area (Å²) in [4.78, 5) is 21.4. The molecule has 118 valence electrons. The van der Waals surface area contributed by atoms with Gasteiger partial charge in [0, 0.05) is 22.3 Å². The third-order valence-corrected chi connectivity index (χ3v) is 3.87. The van der Waals surface area contributed by atoms with E-state index in [2.05, 4.69) is 4.74 Å². The molecule has 0 aromatic rings. The molecule has 0 spiro atoms. The Morgan fingerprint density at radius 2 is 1.80 bits per heavy atom. The number of esters is 1. The first kappa shape index (κ1) is 18.8. The van der Waals surface area contributed by atoms with Crippen LogP contribution in [0.1, 0.15) is 12.8 Å². The molecule has 0 saturated carbocycles. The van der Waals surface area contributed by atoms with Gasteiger partial charge in [0.2, 0.25) is 0 Å². The second kappa shape index (κ2) is 8.20. The van der Waals surface area contributed by atoms with E-state index in [1.165, 1.54) is 0 Å². The number of hydrogen-bond donors (Lipinski definition) is 2. The number of halogens is 3. The number of carbonyl (C=O) groups is 2. The van der Waals surface area contributed by atoms with Crippen LogP contribution in [0.15, 0.2) is 0 Å². The highest BCUT2D eigenvalue weighted by atomic mass is 32.2. The van der Waals surface area contributed by atoms with Crippen LogP contribution in [-0.4, -0.2) is 52.1 Å². The first-order chi connectivity index (χ1) is 9.09. The van der Waals surface area contributed by atoms with E-state index in [9.17, 15) is 27.0 Å². The van der Waals surface area contributed by atoms with Crippen LogP contribution in [0.5, 0.6) is 0 Å². The Bertz CT molecular complexity index is 374. The quantitative estimate of drug-likeness (QED) is 0.622. The van der Waals surface area contributed by atoms with Gasteiger partial charge in [0.05, 0.1) is 7.11 Å². The lowest BCUT2D eigenvalue weighted by Crippen LogP contribution is -2.34. The molecule has 0 amide bonds. The van der Waals surface area contributed by atoms with Crippen molar-refractivity contribution in [2.75, 3.05) is 18.6 Å². The minimum Gasteiger partial charge on any atom is -0.480 e. The second-order valence-corrected chi connectivity index (χ2v) is 5.68. The van der Waals surface area contributed by atoms with Crippen LogP contribution in [0.3, 0.4) is 0 Å². The maximum atomic E-state index is 12.5. The van der Waals surface area contributed by atoms with Crippen molar-refractivity contribution in [3.63, 3.8) is 0 Å². The molecule has 10 heteroatoms. The van der Waals surface area contributed by atoms with E-state index < -0.39 is 47.3 Å². The first-order valence-electron chi connectivity index (χ1n) is 5.57. The topological polar surface area (TPSA) is 107 Å². The van der Waals surface area contributed by atoms with Crippen molar-refractivity contribution in [1.29, 1.82) is 0 Å². The molecule has 0 fully saturated rings. The fourth-order valence-corrected chi connectivity index (χ4v) is 2.51. The first-order valence-corrected chi connectivity index (χ1v) is 7.06. The zero-order chi connectivity index (χ0) is 15.9. The lowest BCUT2D eigenvalue weighted by Gasteiger charge is -2.17. The van der Waals surface area contributed by atoms with Gasteiger partial charge in [-0.3, -0.25) is 13.8 Å². The molecule has 0 bridgehead atoms. The van der Waals surface area contributed by atoms with Crippen molar-refractivity contribution in [3.05, 3.63) is 0 Å². The number of ether oxygens (including phenoxy) is 1. The van der Waals surface area contributed by atoms with Crippen LogP contribution >= 0.6 is 0 Å². The third-order valence-electron chi connectivity index (χ3n) is 2.49. The Labute approximate surface area is 115 Å². The fourth-order valence-electron chi connectivity index (χ4n) is 1.29. The molecule has 3 N–H and O–H groups in total. The lowest BCUT2D eigenvalue weighted by molar-refractivity contribution is -0.196. The van der Waals surface area contributed by atoms with Crippen LogP contribution < -0.4 is 5.73 Å². The van der Waals surface area contributed by atoms with Gasteiger partial charge in [-0.2, -0.15) is 13.2 Å². The van der Waals surface area contributed by atoms with E-state index in [4.69, 9.17) is 10.8 Å². The van der Waals surface area contributed by atoms with Crippen molar-refractivity contribution >= 4 is 22.7 Å². The molecule has 3 atom stereocenters. The van der Waals surface area contributed by atoms with Gasteiger partial charge in [0.25, 0.3) is 0 Å². The van der Waals surface area contributed by atoms with Gasteiger partial charge in [-0.15, -0.1) is 0 Å². The van der Waals surface area contributed by atoms with E-state index in [0.717, 1.165) is 7.11 Å². The van der Waals surface area contributed by atoms with E-state index in [0.29, 0.717) is 0 Å². The summed E-state index contributed by atoms with van der Waals surface area (Å²) in [5, 5.41) is 8.49. The van der Waals surface area contributed by atoms with Crippen molar-refractivity contribution in [3.8, 4) is 0 Å². The Morgan fingerprint density at radius 1 is 1.30 bits per heavy atom. The molecular formula is C10H16F3NO5S. The number of alkyl halides is 3. The highest BCUT2D eigenvalue weighted by Gasteiger charge is 2.45. The predicted molar refractivity (Wildman–Crippen MR) is 64.3 cm³/mol. The van der Waals surface area contributed by atoms with E-state index in [-0.39, 0.29) is 17.9 Å². The Hall–Kier alpha value is -1.16. The average molecular weight is 319 g/mol. The smallest absolute Gasteiger partial charge is 0.402 e. The van der Waals surface area contributed by atoms with Crippen LogP contribution in [0.25, 0.3) is 0 Å². The Morgan fingerprint density at radius 3 is 2.20 bits per heavy atom. The van der Waals surface area contributed by atoms with Gasteiger partial charge < -0.3 is 15.6 Å². The van der Waals surface area contributed by atoms with Gasteiger partial charge in [-0.05, 0) is 12.8 Å². The maximum absolute atomic E-state index is 12.5. The predicted octanol–water partition coefficient (Wildman–Crippen LogP) is 0.279. The number of carbonyl (C=O) groups excluding carboxylic acids is 1. The normalized spacial score (nSPS) is 16.2. The molecule has 0 aliphatic rings. The minimum atomic E-state index is -4.77. The number of aliphatic carboxylic acids is 1. The molecule has 0 aromatic carbocycles. The highest BCUT2D eigenvalue weighted by molar-refractivity contribution is 7.84. The summed E-state index contributed by atoms with van der Waals surface area (Å²) in [5.74, 6) is -5.56. The molecule has 0 aromatic heterocycles. The largest absolute Gasteiger partial charge is 0.480 e. The Kier molecular flexibility index (Phi) is 7.72.